The highest BCUT2D eigenvalue weighted by atomic mass is 19.1. The molecule has 0 saturated carbocycles. The molecule has 238 valence electrons. The normalized spacial score (nSPS) is 16.6. The second-order valence-corrected chi connectivity index (χ2v) is 10.5. The van der Waals surface area contributed by atoms with Crippen LogP contribution in [0.15, 0.2) is 112 Å². The molecule has 1 heterocycles. The van der Waals surface area contributed by atoms with Crippen molar-refractivity contribution in [3.63, 3.8) is 0 Å². The number of hydrogen-bond acceptors (Lipinski definition) is 8. The SMILES string of the molecule is [N-]=[N+]=Nc1ccccc1C[C@]1(C(=O)NNCc2ccc(F)cc2)N=C(c2ccc(OCCCO)cc2)O[C@H]1c1ccccc1N=[N+]=[N-]. The Morgan fingerprint density at radius 1 is 0.957 bits per heavy atom. The number of halogens is 1. The molecule has 5 rings (SSSR count). The lowest BCUT2D eigenvalue weighted by Crippen LogP contribution is -2.53. The number of nitrogens with one attached hydrogen (secondary N) is 2. The van der Waals surface area contributed by atoms with Gasteiger partial charge in [0.2, 0.25) is 5.90 Å². The van der Waals surface area contributed by atoms with Crippen molar-refractivity contribution in [2.45, 2.75) is 31.0 Å². The smallest absolute Gasteiger partial charge is 0.266 e. The van der Waals surface area contributed by atoms with Crippen LogP contribution in [0.25, 0.3) is 20.9 Å². The highest BCUT2D eigenvalue weighted by Gasteiger charge is 2.54. The number of nitrogens with zero attached hydrogens (tertiary/aromatic N) is 7. The monoisotopic (exact) mass is 635 g/mol. The van der Waals surface area contributed by atoms with E-state index in [4.69, 9.17) is 19.6 Å². The number of hydrazine groups is 1. The summed E-state index contributed by atoms with van der Waals surface area (Å²) in [5, 5.41) is 16.7. The minimum absolute atomic E-state index is 0.00709. The maximum absolute atomic E-state index is 14.4. The molecule has 1 amide bonds. The number of rotatable bonds is 14. The van der Waals surface area contributed by atoms with Crippen molar-refractivity contribution in [3.8, 4) is 5.75 Å². The third-order valence-corrected chi connectivity index (χ3v) is 7.41. The maximum atomic E-state index is 14.4. The molecule has 0 unspecified atom stereocenters. The number of carbonyl (C=O) groups excluding carboxylic acids is 1. The molecular weight excluding hydrogens is 605 g/mol. The first-order valence-electron chi connectivity index (χ1n) is 14.6. The molecule has 0 aliphatic carbocycles. The highest BCUT2D eigenvalue weighted by Crippen LogP contribution is 2.46. The van der Waals surface area contributed by atoms with Crippen molar-refractivity contribution in [2.24, 2.45) is 15.2 Å². The average Bonchev–Trinajstić information content (AvgIpc) is 3.47. The van der Waals surface area contributed by atoms with Gasteiger partial charge in [-0.3, -0.25) is 10.2 Å². The van der Waals surface area contributed by atoms with Crippen LogP contribution in [-0.2, 0) is 22.5 Å². The molecule has 4 aromatic carbocycles. The molecule has 2 atom stereocenters. The van der Waals surface area contributed by atoms with Gasteiger partial charge in [0.05, 0.1) is 6.61 Å². The maximum Gasteiger partial charge on any atom is 0.266 e. The van der Waals surface area contributed by atoms with Gasteiger partial charge >= 0.3 is 0 Å². The zero-order valence-corrected chi connectivity index (χ0v) is 25.0. The van der Waals surface area contributed by atoms with Crippen molar-refractivity contribution in [2.75, 3.05) is 13.2 Å². The van der Waals surface area contributed by atoms with Crippen LogP contribution < -0.4 is 15.6 Å². The Kier molecular flexibility index (Phi) is 10.6. The van der Waals surface area contributed by atoms with E-state index < -0.39 is 17.6 Å². The summed E-state index contributed by atoms with van der Waals surface area (Å²) in [6.07, 6.45) is -0.701. The Bertz CT molecular complexity index is 1840. The summed E-state index contributed by atoms with van der Waals surface area (Å²) in [6.45, 7) is 0.518. The third kappa shape index (κ3) is 7.67. The number of amides is 1. The van der Waals surface area contributed by atoms with Crippen molar-refractivity contribution < 1.29 is 23.8 Å². The van der Waals surface area contributed by atoms with Gasteiger partial charge in [0, 0.05) is 58.3 Å². The van der Waals surface area contributed by atoms with E-state index in [-0.39, 0.29) is 37.0 Å². The van der Waals surface area contributed by atoms with Gasteiger partial charge in [-0.15, -0.1) is 0 Å². The van der Waals surface area contributed by atoms with Gasteiger partial charge in [-0.25, -0.2) is 14.8 Å². The van der Waals surface area contributed by atoms with Crippen molar-refractivity contribution in [3.05, 3.63) is 146 Å². The predicted octanol–water partition coefficient (Wildman–Crippen LogP) is 6.79. The molecule has 1 aliphatic heterocycles. The fourth-order valence-corrected chi connectivity index (χ4v) is 5.14. The fourth-order valence-electron chi connectivity index (χ4n) is 5.14. The van der Waals surface area contributed by atoms with Crippen LogP contribution in [-0.4, -0.2) is 35.7 Å². The van der Waals surface area contributed by atoms with Crippen molar-refractivity contribution >= 4 is 23.2 Å². The second kappa shape index (κ2) is 15.4. The largest absolute Gasteiger partial charge is 0.494 e. The second-order valence-electron chi connectivity index (χ2n) is 10.5. The standard InChI is InChI=1S/C33H30FN9O4/c34-25-14-10-22(11-15-25)21-37-41-32(45)33(20-24-6-1-3-8-28(24)39-42-35)30(27-7-2-4-9-29(27)40-43-36)47-31(38-33)23-12-16-26(17-13-23)46-19-5-18-44/h1-4,6-17,30,37,44H,5,18-21H2,(H,41,45)/t30-,33-/m0/s1. The van der Waals surface area contributed by atoms with E-state index in [1.165, 1.54) is 12.1 Å². The summed E-state index contributed by atoms with van der Waals surface area (Å²) in [5.74, 6) is -0.257. The van der Waals surface area contributed by atoms with Gasteiger partial charge in [-0.1, -0.05) is 70.9 Å². The Morgan fingerprint density at radius 2 is 1.64 bits per heavy atom. The fraction of sp³-hybridized carbons (Fsp3) is 0.212. The van der Waals surface area contributed by atoms with Crippen LogP contribution in [0.1, 0.15) is 34.8 Å². The Labute approximate surface area is 268 Å². The first kappa shape index (κ1) is 32.5. The predicted molar refractivity (Wildman–Crippen MR) is 172 cm³/mol. The average molecular weight is 636 g/mol. The van der Waals surface area contributed by atoms with Gasteiger partial charge in [-0.2, -0.15) is 0 Å². The first-order chi connectivity index (χ1) is 23.0. The van der Waals surface area contributed by atoms with Crippen LogP contribution in [0.5, 0.6) is 5.75 Å². The Morgan fingerprint density at radius 3 is 2.36 bits per heavy atom. The zero-order chi connectivity index (χ0) is 33.1. The van der Waals surface area contributed by atoms with Gasteiger partial charge in [0.1, 0.15) is 11.6 Å². The summed E-state index contributed by atoms with van der Waals surface area (Å²) in [5.41, 5.74) is 25.2. The summed E-state index contributed by atoms with van der Waals surface area (Å²) in [7, 11) is 0. The lowest BCUT2D eigenvalue weighted by atomic mass is 9.81. The van der Waals surface area contributed by atoms with E-state index in [1.807, 2.05) is 0 Å². The van der Waals surface area contributed by atoms with E-state index in [0.29, 0.717) is 46.7 Å². The van der Waals surface area contributed by atoms with Gasteiger partial charge < -0.3 is 14.6 Å². The molecule has 0 radical (unpaired) electrons. The van der Waals surface area contributed by atoms with Crippen LogP contribution in [0, 0.1) is 5.82 Å². The van der Waals surface area contributed by atoms with E-state index >= 15 is 0 Å². The molecule has 0 bridgehead atoms. The molecule has 0 aromatic heterocycles. The number of azide groups is 2. The lowest BCUT2D eigenvalue weighted by molar-refractivity contribution is -0.130. The summed E-state index contributed by atoms with van der Waals surface area (Å²) < 4.78 is 25.6. The molecule has 0 fully saturated rings. The Hall–Kier alpha value is -5.91. The number of aliphatic imine (C=N–C) groups is 1. The van der Waals surface area contributed by atoms with E-state index in [0.717, 1.165) is 0 Å². The summed E-state index contributed by atoms with van der Waals surface area (Å²) in [4.78, 5) is 25.3. The number of aliphatic hydroxyl groups excluding tert-OH is 1. The first-order valence-corrected chi connectivity index (χ1v) is 14.6. The van der Waals surface area contributed by atoms with Crippen molar-refractivity contribution in [1.29, 1.82) is 0 Å². The van der Waals surface area contributed by atoms with Gasteiger partial charge in [0.15, 0.2) is 11.6 Å². The minimum atomic E-state index is -1.72. The van der Waals surface area contributed by atoms with Crippen LogP contribution in [0.2, 0.25) is 0 Å². The van der Waals surface area contributed by atoms with Gasteiger partial charge in [0.25, 0.3) is 5.91 Å². The number of carbonyl (C=O) groups is 1. The molecule has 4 aromatic rings. The summed E-state index contributed by atoms with van der Waals surface area (Å²) in [6, 6.07) is 26.3. The molecule has 1 aliphatic rings. The van der Waals surface area contributed by atoms with E-state index in [9.17, 15) is 20.2 Å². The number of benzene rings is 4. The number of aliphatic hydroxyl groups is 1. The van der Waals surface area contributed by atoms with E-state index in [2.05, 4.69) is 30.9 Å². The van der Waals surface area contributed by atoms with Crippen LogP contribution >= 0.6 is 0 Å². The third-order valence-electron chi connectivity index (χ3n) is 7.41. The molecular formula is C33H30FN9O4. The molecule has 0 spiro atoms. The number of hydrogen-bond donors (Lipinski definition) is 3. The van der Waals surface area contributed by atoms with Crippen LogP contribution in [0.3, 0.4) is 0 Å². The highest BCUT2D eigenvalue weighted by molar-refractivity contribution is 6.01. The molecule has 13 nitrogen and oxygen atoms in total. The molecule has 3 N–H and O–H groups in total. The quantitative estimate of drug-likeness (QED) is 0.0451. The van der Waals surface area contributed by atoms with Crippen molar-refractivity contribution in [1.82, 2.24) is 10.9 Å². The molecule has 0 saturated heterocycles. The molecule has 47 heavy (non-hydrogen) atoms. The van der Waals surface area contributed by atoms with Crippen LogP contribution in [0.4, 0.5) is 15.8 Å². The topological polar surface area (TPSA) is 190 Å². The molecule has 14 heteroatoms. The Balaban J connectivity index is 1.60. The number of ether oxygens (including phenoxy) is 2. The lowest BCUT2D eigenvalue weighted by Gasteiger charge is -2.31. The van der Waals surface area contributed by atoms with E-state index in [1.54, 1.807) is 84.9 Å². The zero-order valence-electron chi connectivity index (χ0n) is 25.0. The summed E-state index contributed by atoms with van der Waals surface area (Å²) >= 11 is 0. The van der Waals surface area contributed by atoms with Gasteiger partial charge in [-0.05, 0) is 58.6 Å². The minimum Gasteiger partial charge on any atom is -0.494 e.